The fourth-order valence-electron chi connectivity index (χ4n) is 3.28. The highest BCUT2D eigenvalue weighted by atomic mass is 19.1. The molecule has 7 nitrogen and oxygen atoms in total. The van der Waals surface area contributed by atoms with E-state index in [-0.39, 0.29) is 16.4 Å². The third kappa shape index (κ3) is 5.64. The van der Waals surface area contributed by atoms with Gasteiger partial charge in [-0.1, -0.05) is 0 Å². The second-order valence-corrected chi connectivity index (χ2v) is 6.72. The number of rotatable bonds is 3. The number of hydrogen-bond acceptors (Lipinski definition) is 6. The summed E-state index contributed by atoms with van der Waals surface area (Å²) >= 11 is 0. The Balaban J connectivity index is 0.000000162. The molecule has 0 aliphatic carbocycles. The van der Waals surface area contributed by atoms with Crippen LogP contribution in [0, 0.1) is 15.9 Å². The fourth-order valence-corrected chi connectivity index (χ4v) is 3.28. The summed E-state index contributed by atoms with van der Waals surface area (Å²) in [5.41, 5.74) is 2.32. The molecule has 2 aliphatic heterocycles. The number of hydrogen-bond donors (Lipinski definition) is 2. The van der Waals surface area contributed by atoms with E-state index in [1.54, 1.807) is 12.1 Å². The van der Waals surface area contributed by atoms with Gasteiger partial charge < -0.3 is 20.4 Å². The smallest absolute Gasteiger partial charge is 0.269 e. The van der Waals surface area contributed by atoms with Crippen LogP contribution in [-0.4, -0.2) is 57.3 Å². The number of nitro benzene ring substituents is 1. The van der Waals surface area contributed by atoms with Gasteiger partial charge in [0.2, 0.25) is 0 Å². The normalized spacial score (nSPS) is 16.9. The first-order chi connectivity index (χ1) is 13.6. The van der Waals surface area contributed by atoms with Crippen LogP contribution in [0.2, 0.25) is 0 Å². The van der Waals surface area contributed by atoms with Crippen molar-refractivity contribution in [1.82, 2.24) is 10.6 Å². The number of nitrogens with zero attached hydrogens (tertiary/aromatic N) is 3. The number of anilines is 2. The van der Waals surface area contributed by atoms with E-state index in [1.807, 2.05) is 24.3 Å². The first-order valence-electron chi connectivity index (χ1n) is 9.55. The molecule has 0 amide bonds. The third-order valence-electron chi connectivity index (χ3n) is 4.85. The zero-order valence-corrected chi connectivity index (χ0v) is 15.8. The lowest BCUT2D eigenvalue weighted by Gasteiger charge is -2.29. The molecule has 4 rings (SSSR count). The lowest BCUT2D eigenvalue weighted by molar-refractivity contribution is -0.384. The molecule has 150 valence electrons. The molecular formula is C20H26FN5O2. The number of nitro groups is 1. The van der Waals surface area contributed by atoms with Crippen LogP contribution in [-0.2, 0) is 0 Å². The molecule has 2 aliphatic rings. The van der Waals surface area contributed by atoms with Gasteiger partial charge in [-0.15, -0.1) is 0 Å². The molecule has 8 heteroatoms. The van der Waals surface area contributed by atoms with Crippen molar-refractivity contribution in [2.45, 2.75) is 0 Å². The van der Waals surface area contributed by atoms with E-state index in [4.69, 9.17) is 0 Å². The summed E-state index contributed by atoms with van der Waals surface area (Å²) in [6.45, 7) is 7.88. The summed E-state index contributed by atoms with van der Waals surface area (Å²) in [7, 11) is 0. The van der Waals surface area contributed by atoms with E-state index >= 15 is 0 Å². The van der Waals surface area contributed by atoms with Crippen molar-refractivity contribution in [1.29, 1.82) is 0 Å². The zero-order valence-electron chi connectivity index (χ0n) is 15.8. The first kappa shape index (κ1) is 20.0. The van der Waals surface area contributed by atoms with Gasteiger partial charge in [0.15, 0.2) is 0 Å². The highest BCUT2D eigenvalue weighted by molar-refractivity contribution is 5.51. The molecule has 2 heterocycles. The summed E-state index contributed by atoms with van der Waals surface area (Å²) in [6, 6.07) is 13.4. The summed E-state index contributed by atoms with van der Waals surface area (Å²) in [4.78, 5) is 14.6. The molecule has 2 saturated heterocycles. The molecule has 0 bridgehead atoms. The summed E-state index contributed by atoms with van der Waals surface area (Å²) in [5.74, 6) is -0.168. The minimum absolute atomic E-state index is 0.147. The van der Waals surface area contributed by atoms with Crippen LogP contribution in [0.15, 0.2) is 48.5 Å². The van der Waals surface area contributed by atoms with Gasteiger partial charge in [-0.05, 0) is 36.4 Å². The summed E-state index contributed by atoms with van der Waals surface area (Å²) in [6.07, 6.45) is 0. The van der Waals surface area contributed by atoms with Gasteiger partial charge in [-0.3, -0.25) is 10.1 Å². The number of non-ortho nitro benzene ring substituents is 1. The van der Waals surface area contributed by atoms with Crippen LogP contribution in [0.4, 0.5) is 21.5 Å². The average Bonchev–Trinajstić information content (AvgIpc) is 2.76. The van der Waals surface area contributed by atoms with Crippen LogP contribution in [0.1, 0.15) is 0 Å². The Morgan fingerprint density at radius 2 is 1.14 bits per heavy atom. The van der Waals surface area contributed by atoms with Crippen molar-refractivity contribution in [2.75, 3.05) is 62.2 Å². The lowest BCUT2D eigenvalue weighted by Crippen LogP contribution is -2.43. The highest BCUT2D eigenvalue weighted by Gasteiger charge is 2.12. The van der Waals surface area contributed by atoms with E-state index < -0.39 is 0 Å². The molecule has 0 radical (unpaired) electrons. The van der Waals surface area contributed by atoms with E-state index in [2.05, 4.69) is 20.4 Å². The highest BCUT2D eigenvalue weighted by Crippen LogP contribution is 2.19. The molecular weight excluding hydrogens is 361 g/mol. The van der Waals surface area contributed by atoms with Crippen LogP contribution < -0.4 is 20.4 Å². The van der Waals surface area contributed by atoms with Gasteiger partial charge in [0, 0.05) is 75.9 Å². The van der Waals surface area contributed by atoms with Crippen molar-refractivity contribution >= 4 is 17.1 Å². The molecule has 2 aromatic carbocycles. The van der Waals surface area contributed by atoms with E-state index in [0.717, 1.165) is 63.7 Å². The molecule has 2 fully saturated rings. The van der Waals surface area contributed by atoms with Gasteiger partial charge in [0.25, 0.3) is 5.69 Å². The minimum atomic E-state index is -0.373. The lowest BCUT2D eigenvalue weighted by atomic mass is 10.2. The predicted octanol–water partition coefficient (Wildman–Crippen LogP) is 2.24. The maximum Gasteiger partial charge on any atom is 0.269 e. The van der Waals surface area contributed by atoms with Crippen molar-refractivity contribution in [3.63, 3.8) is 0 Å². The molecule has 28 heavy (non-hydrogen) atoms. The molecule has 2 aromatic rings. The van der Waals surface area contributed by atoms with Crippen LogP contribution in [0.5, 0.6) is 0 Å². The Hall–Kier alpha value is -2.71. The Kier molecular flexibility index (Phi) is 7.16. The fraction of sp³-hybridized carbons (Fsp3) is 0.400. The zero-order chi connectivity index (χ0) is 19.8. The van der Waals surface area contributed by atoms with Gasteiger partial charge in [0.1, 0.15) is 5.82 Å². The molecule has 0 saturated carbocycles. The van der Waals surface area contributed by atoms with Crippen molar-refractivity contribution in [3.8, 4) is 0 Å². The second-order valence-electron chi connectivity index (χ2n) is 6.72. The molecule has 2 N–H and O–H groups in total. The maximum absolute atomic E-state index is 12.6. The summed E-state index contributed by atoms with van der Waals surface area (Å²) < 4.78 is 12.6. The predicted molar refractivity (Wildman–Crippen MR) is 110 cm³/mol. The van der Waals surface area contributed by atoms with Crippen LogP contribution in [0.25, 0.3) is 0 Å². The number of piperazine rings is 2. The molecule has 0 unspecified atom stereocenters. The monoisotopic (exact) mass is 387 g/mol. The molecule has 0 spiro atoms. The van der Waals surface area contributed by atoms with Crippen molar-refractivity contribution < 1.29 is 9.31 Å². The van der Waals surface area contributed by atoms with Crippen LogP contribution in [0.3, 0.4) is 0 Å². The standard InChI is InChI=1S/C10H13FN2.C10H13N3O2/c11-9-1-3-10(4-2-9)13-7-5-12-6-8-13;14-13(15)10-3-1-9(2-4-10)12-7-5-11-6-8-12/h1-4,12H,5-8H2;1-4,11H,5-8H2. The van der Waals surface area contributed by atoms with Gasteiger partial charge in [-0.2, -0.15) is 0 Å². The number of benzene rings is 2. The quantitative estimate of drug-likeness (QED) is 0.622. The number of nitrogens with one attached hydrogen (secondary N) is 2. The largest absolute Gasteiger partial charge is 0.369 e. The average molecular weight is 387 g/mol. The minimum Gasteiger partial charge on any atom is -0.369 e. The Bertz CT molecular complexity index is 742. The van der Waals surface area contributed by atoms with Gasteiger partial charge in [-0.25, -0.2) is 4.39 Å². The van der Waals surface area contributed by atoms with Gasteiger partial charge in [0.05, 0.1) is 4.92 Å². The Morgan fingerprint density at radius 1 is 0.750 bits per heavy atom. The topological polar surface area (TPSA) is 73.7 Å². The Morgan fingerprint density at radius 3 is 1.54 bits per heavy atom. The second kappa shape index (κ2) is 10.0. The number of halogens is 1. The molecule has 0 aromatic heterocycles. The summed E-state index contributed by atoms with van der Waals surface area (Å²) in [5, 5.41) is 17.0. The third-order valence-corrected chi connectivity index (χ3v) is 4.85. The van der Waals surface area contributed by atoms with E-state index in [0.29, 0.717) is 0 Å². The maximum atomic E-state index is 12.6. The SMILES string of the molecule is Fc1ccc(N2CCNCC2)cc1.O=[N+]([O-])c1ccc(N2CCNCC2)cc1. The van der Waals surface area contributed by atoms with Crippen molar-refractivity contribution in [2.24, 2.45) is 0 Å². The molecule has 0 atom stereocenters. The van der Waals surface area contributed by atoms with Gasteiger partial charge >= 0.3 is 0 Å². The van der Waals surface area contributed by atoms with Crippen LogP contribution >= 0.6 is 0 Å². The van der Waals surface area contributed by atoms with Crippen molar-refractivity contribution in [3.05, 3.63) is 64.5 Å². The van der Waals surface area contributed by atoms with E-state index in [1.165, 1.54) is 12.1 Å². The van der Waals surface area contributed by atoms with E-state index in [9.17, 15) is 14.5 Å². The first-order valence-corrected chi connectivity index (χ1v) is 9.55. The Labute approximate surface area is 164 Å².